The van der Waals surface area contributed by atoms with Crippen LogP contribution >= 0.6 is 15.9 Å². The van der Waals surface area contributed by atoms with Crippen LogP contribution < -0.4 is 5.32 Å². The number of aryl methyl sites for hydroxylation is 2. The maximum Gasteiger partial charge on any atom is 0.0738 e. The molecule has 0 aliphatic carbocycles. The molecule has 1 aliphatic heterocycles. The lowest BCUT2D eigenvalue weighted by Gasteiger charge is -2.37. The van der Waals surface area contributed by atoms with Crippen molar-refractivity contribution in [1.29, 1.82) is 0 Å². The Bertz CT molecular complexity index is 453. The van der Waals surface area contributed by atoms with Crippen LogP contribution in [0.25, 0.3) is 0 Å². The highest BCUT2D eigenvalue weighted by Gasteiger charge is 2.34. The van der Waals surface area contributed by atoms with Crippen molar-refractivity contribution >= 4 is 15.9 Å². The summed E-state index contributed by atoms with van der Waals surface area (Å²) in [5.41, 5.74) is 2.74. The number of hydrogen-bond donors (Lipinski definition) is 1. The minimum atomic E-state index is 0.301. The standard InChI is InChI=1S/C16H28BrN3O/c1-4-8-18-12-16(6-9-21-10-7-16)11-14-15(17)13(3)19-20(14)5-2/h18H,4-12H2,1-3H3. The second kappa shape index (κ2) is 7.75. The first-order chi connectivity index (χ1) is 10.1. The molecule has 1 aliphatic rings. The van der Waals surface area contributed by atoms with E-state index in [1.165, 1.54) is 16.6 Å². The first-order valence-corrected chi connectivity index (χ1v) is 8.91. The van der Waals surface area contributed by atoms with Gasteiger partial charge in [-0.25, -0.2) is 0 Å². The van der Waals surface area contributed by atoms with E-state index in [9.17, 15) is 0 Å². The molecule has 2 rings (SSSR count). The summed E-state index contributed by atoms with van der Waals surface area (Å²) in [7, 11) is 0. The first kappa shape index (κ1) is 17.0. The van der Waals surface area contributed by atoms with Gasteiger partial charge in [0.25, 0.3) is 0 Å². The summed E-state index contributed by atoms with van der Waals surface area (Å²) < 4.78 is 8.93. The number of ether oxygens (including phenoxy) is 1. The Balaban J connectivity index is 2.18. The summed E-state index contributed by atoms with van der Waals surface area (Å²) in [5, 5.41) is 8.27. The van der Waals surface area contributed by atoms with Crippen LogP contribution in [-0.4, -0.2) is 36.1 Å². The molecule has 2 heterocycles. The molecule has 0 bridgehead atoms. The van der Waals surface area contributed by atoms with Gasteiger partial charge in [0.05, 0.1) is 15.9 Å². The van der Waals surface area contributed by atoms with Crippen molar-refractivity contribution < 1.29 is 4.74 Å². The summed E-state index contributed by atoms with van der Waals surface area (Å²) in [5.74, 6) is 0. The fourth-order valence-electron chi connectivity index (χ4n) is 3.14. The Kier molecular flexibility index (Phi) is 6.26. The molecule has 1 aromatic rings. The highest BCUT2D eigenvalue weighted by atomic mass is 79.9. The fourth-order valence-corrected chi connectivity index (χ4v) is 3.57. The topological polar surface area (TPSA) is 39.1 Å². The third-order valence-corrected chi connectivity index (χ3v) is 5.51. The van der Waals surface area contributed by atoms with E-state index in [-0.39, 0.29) is 0 Å². The molecule has 1 fully saturated rings. The molecular formula is C16H28BrN3O. The molecule has 120 valence electrons. The minimum Gasteiger partial charge on any atom is -0.381 e. The molecule has 0 aromatic carbocycles. The third-order valence-electron chi connectivity index (χ3n) is 4.48. The van der Waals surface area contributed by atoms with Gasteiger partial charge in [0, 0.05) is 26.3 Å². The van der Waals surface area contributed by atoms with E-state index >= 15 is 0 Å². The number of nitrogens with zero attached hydrogens (tertiary/aromatic N) is 2. The average Bonchev–Trinajstić information content (AvgIpc) is 2.76. The molecule has 1 aromatic heterocycles. The van der Waals surface area contributed by atoms with Crippen LogP contribution in [0, 0.1) is 12.3 Å². The van der Waals surface area contributed by atoms with Crippen molar-refractivity contribution in [2.45, 2.75) is 53.0 Å². The summed E-state index contributed by atoms with van der Waals surface area (Å²) in [4.78, 5) is 0. The van der Waals surface area contributed by atoms with Gasteiger partial charge in [0.15, 0.2) is 0 Å². The molecule has 0 atom stereocenters. The number of nitrogens with one attached hydrogen (secondary N) is 1. The van der Waals surface area contributed by atoms with Crippen molar-refractivity contribution in [1.82, 2.24) is 15.1 Å². The first-order valence-electron chi connectivity index (χ1n) is 8.12. The van der Waals surface area contributed by atoms with Crippen molar-refractivity contribution in [3.05, 3.63) is 15.9 Å². The Morgan fingerprint density at radius 3 is 2.67 bits per heavy atom. The Hall–Kier alpha value is -0.390. The highest BCUT2D eigenvalue weighted by Crippen LogP contribution is 2.36. The molecule has 0 spiro atoms. The van der Waals surface area contributed by atoms with Crippen LogP contribution in [0.1, 0.15) is 44.5 Å². The summed E-state index contributed by atoms with van der Waals surface area (Å²) in [6, 6.07) is 0. The quantitative estimate of drug-likeness (QED) is 0.760. The number of rotatable bonds is 7. The summed E-state index contributed by atoms with van der Waals surface area (Å²) in [6.07, 6.45) is 4.51. The zero-order chi connectivity index (χ0) is 15.3. The van der Waals surface area contributed by atoms with Gasteiger partial charge in [-0.05, 0) is 67.4 Å². The second-order valence-electron chi connectivity index (χ2n) is 6.13. The number of hydrogen-bond acceptors (Lipinski definition) is 3. The monoisotopic (exact) mass is 357 g/mol. The smallest absolute Gasteiger partial charge is 0.0738 e. The van der Waals surface area contributed by atoms with E-state index in [0.717, 1.165) is 57.8 Å². The molecule has 5 heteroatoms. The molecule has 0 saturated carbocycles. The van der Waals surface area contributed by atoms with Gasteiger partial charge in [-0.3, -0.25) is 4.68 Å². The Morgan fingerprint density at radius 1 is 1.33 bits per heavy atom. The van der Waals surface area contributed by atoms with Crippen molar-refractivity contribution in [3.63, 3.8) is 0 Å². The van der Waals surface area contributed by atoms with E-state index in [1.54, 1.807) is 0 Å². The van der Waals surface area contributed by atoms with E-state index in [1.807, 2.05) is 0 Å². The highest BCUT2D eigenvalue weighted by molar-refractivity contribution is 9.10. The zero-order valence-electron chi connectivity index (χ0n) is 13.5. The van der Waals surface area contributed by atoms with Gasteiger partial charge < -0.3 is 10.1 Å². The lowest BCUT2D eigenvalue weighted by atomic mass is 9.76. The molecular weight excluding hydrogens is 330 g/mol. The SMILES string of the molecule is CCCNCC1(Cc2c(Br)c(C)nn2CC)CCOCC1. The summed E-state index contributed by atoms with van der Waals surface area (Å²) >= 11 is 3.74. The lowest BCUT2D eigenvalue weighted by Crippen LogP contribution is -2.41. The predicted octanol–water partition coefficient (Wildman–Crippen LogP) is 3.31. The van der Waals surface area contributed by atoms with Crippen LogP contribution in [0.2, 0.25) is 0 Å². The van der Waals surface area contributed by atoms with Gasteiger partial charge in [0.1, 0.15) is 0 Å². The predicted molar refractivity (Wildman–Crippen MR) is 89.7 cm³/mol. The molecule has 0 amide bonds. The molecule has 0 unspecified atom stereocenters. The van der Waals surface area contributed by atoms with Crippen LogP contribution in [0.15, 0.2) is 4.47 Å². The minimum absolute atomic E-state index is 0.301. The van der Waals surface area contributed by atoms with Crippen LogP contribution in [0.3, 0.4) is 0 Å². The molecule has 1 saturated heterocycles. The van der Waals surface area contributed by atoms with E-state index in [0.29, 0.717) is 5.41 Å². The van der Waals surface area contributed by atoms with E-state index in [4.69, 9.17) is 4.74 Å². The summed E-state index contributed by atoms with van der Waals surface area (Å²) in [6.45, 7) is 11.3. The maximum absolute atomic E-state index is 5.60. The van der Waals surface area contributed by atoms with Crippen LogP contribution in [0.4, 0.5) is 0 Å². The third kappa shape index (κ3) is 4.08. The average molecular weight is 358 g/mol. The van der Waals surface area contributed by atoms with Gasteiger partial charge in [-0.2, -0.15) is 5.10 Å². The fraction of sp³-hybridized carbons (Fsp3) is 0.812. The van der Waals surface area contributed by atoms with Crippen LogP contribution in [0.5, 0.6) is 0 Å². The molecule has 4 nitrogen and oxygen atoms in total. The van der Waals surface area contributed by atoms with E-state index < -0.39 is 0 Å². The lowest BCUT2D eigenvalue weighted by molar-refractivity contribution is 0.0140. The van der Waals surface area contributed by atoms with Gasteiger partial charge in [0.2, 0.25) is 0 Å². The Labute approximate surface area is 136 Å². The number of aromatic nitrogens is 2. The van der Waals surface area contributed by atoms with Crippen molar-refractivity contribution in [2.75, 3.05) is 26.3 Å². The molecule has 1 N–H and O–H groups in total. The number of halogens is 1. The normalized spacial score (nSPS) is 18.1. The van der Waals surface area contributed by atoms with Crippen molar-refractivity contribution in [2.24, 2.45) is 5.41 Å². The largest absolute Gasteiger partial charge is 0.381 e. The molecule has 0 radical (unpaired) electrons. The van der Waals surface area contributed by atoms with Gasteiger partial charge in [-0.15, -0.1) is 0 Å². The van der Waals surface area contributed by atoms with Crippen LogP contribution in [-0.2, 0) is 17.7 Å². The van der Waals surface area contributed by atoms with Crippen molar-refractivity contribution in [3.8, 4) is 0 Å². The zero-order valence-corrected chi connectivity index (χ0v) is 15.1. The second-order valence-corrected chi connectivity index (χ2v) is 6.92. The van der Waals surface area contributed by atoms with E-state index in [2.05, 4.69) is 51.8 Å². The van der Waals surface area contributed by atoms with Gasteiger partial charge in [-0.1, -0.05) is 6.92 Å². The Morgan fingerprint density at radius 2 is 2.05 bits per heavy atom. The molecule has 21 heavy (non-hydrogen) atoms. The maximum atomic E-state index is 5.60. The van der Waals surface area contributed by atoms with Gasteiger partial charge >= 0.3 is 0 Å².